The van der Waals surface area contributed by atoms with E-state index in [9.17, 15) is 0 Å². The molecular weight excluding hydrogens is 112 g/mol. The molecule has 2 rings (SSSR count). The van der Waals surface area contributed by atoms with E-state index in [-0.39, 0.29) is 0 Å². The van der Waals surface area contributed by atoms with Gasteiger partial charge in [-0.25, -0.2) is 0 Å². The Bertz CT molecular complexity index is 144. The molecule has 1 unspecified atom stereocenters. The molecule has 1 saturated carbocycles. The Labute approximate surface area is 54.7 Å². The maximum Gasteiger partial charge on any atom is 0.0939 e. The van der Waals surface area contributed by atoms with E-state index in [4.69, 9.17) is 0 Å². The molecule has 0 radical (unpaired) electrons. The average molecular weight is 122 g/mol. The van der Waals surface area contributed by atoms with Gasteiger partial charge in [-0.05, 0) is 24.8 Å². The molecule has 1 atom stereocenters. The second-order valence-corrected chi connectivity index (χ2v) is 2.75. The molecule has 0 aromatic heterocycles. The number of azo groups is 1. The molecule has 2 aliphatic rings. The molecule has 48 valence electrons. The van der Waals surface area contributed by atoms with Crippen molar-refractivity contribution in [1.82, 2.24) is 0 Å². The summed E-state index contributed by atoms with van der Waals surface area (Å²) >= 11 is 0. The van der Waals surface area contributed by atoms with Crippen LogP contribution in [0.15, 0.2) is 22.5 Å². The third-order valence-electron chi connectivity index (χ3n) is 2.18. The number of rotatable bonds is 1. The summed E-state index contributed by atoms with van der Waals surface area (Å²) in [5, 5.41) is 7.88. The van der Waals surface area contributed by atoms with Crippen molar-refractivity contribution in [3.05, 3.63) is 12.3 Å². The average Bonchev–Trinajstić information content (AvgIpc) is 2.11. The summed E-state index contributed by atoms with van der Waals surface area (Å²) in [6.45, 7) is 0. The summed E-state index contributed by atoms with van der Waals surface area (Å²) in [4.78, 5) is 0. The molecule has 0 aromatic rings. The van der Waals surface area contributed by atoms with Crippen molar-refractivity contribution in [3.8, 4) is 0 Å². The van der Waals surface area contributed by atoms with Crippen LogP contribution in [-0.4, -0.2) is 6.04 Å². The SMILES string of the molecule is C1=CC(C2CCC2)N=N1. The lowest BCUT2D eigenvalue weighted by atomic mass is 9.80. The van der Waals surface area contributed by atoms with Gasteiger partial charge in [0, 0.05) is 6.20 Å². The Morgan fingerprint density at radius 2 is 2.22 bits per heavy atom. The maximum absolute atomic E-state index is 4.07. The summed E-state index contributed by atoms with van der Waals surface area (Å²) in [5.41, 5.74) is 0. The molecule has 0 N–H and O–H groups in total. The van der Waals surface area contributed by atoms with Crippen molar-refractivity contribution in [2.45, 2.75) is 25.3 Å². The molecule has 1 fully saturated rings. The van der Waals surface area contributed by atoms with Gasteiger partial charge in [-0.15, -0.1) is 0 Å². The van der Waals surface area contributed by atoms with Crippen LogP contribution >= 0.6 is 0 Å². The molecule has 2 nitrogen and oxygen atoms in total. The lowest BCUT2D eigenvalue weighted by Gasteiger charge is -2.27. The molecule has 2 heteroatoms. The summed E-state index contributed by atoms with van der Waals surface area (Å²) in [7, 11) is 0. The zero-order chi connectivity index (χ0) is 6.10. The Kier molecular flexibility index (Phi) is 1.11. The Balaban J connectivity index is 1.97. The number of hydrogen-bond donors (Lipinski definition) is 0. The standard InChI is InChI=1S/C7H10N2/c1-2-6(3-1)7-4-5-8-9-7/h4-7H,1-3H2. The normalized spacial score (nSPS) is 33.1. The molecule has 0 amide bonds. The fraction of sp³-hybridized carbons (Fsp3) is 0.714. The lowest BCUT2D eigenvalue weighted by molar-refractivity contribution is 0.289. The van der Waals surface area contributed by atoms with E-state index < -0.39 is 0 Å². The first-order chi connectivity index (χ1) is 4.47. The maximum atomic E-state index is 4.07. The van der Waals surface area contributed by atoms with Crippen LogP contribution in [0.2, 0.25) is 0 Å². The first-order valence-corrected chi connectivity index (χ1v) is 3.53. The van der Waals surface area contributed by atoms with Gasteiger partial charge in [-0.2, -0.15) is 10.2 Å². The minimum Gasteiger partial charge on any atom is -0.181 e. The van der Waals surface area contributed by atoms with Crippen LogP contribution < -0.4 is 0 Å². The van der Waals surface area contributed by atoms with Gasteiger partial charge < -0.3 is 0 Å². The fourth-order valence-corrected chi connectivity index (χ4v) is 1.31. The molecule has 1 heterocycles. The van der Waals surface area contributed by atoms with Gasteiger partial charge >= 0.3 is 0 Å². The van der Waals surface area contributed by atoms with E-state index in [1.54, 1.807) is 0 Å². The molecule has 0 spiro atoms. The van der Waals surface area contributed by atoms with Crippen molar-refractivity contribution in [1.29, 1.82) is 0 Å². The quantitative estimate of drug-likeness (QED) is 0.509. The molecular formula is C7H10N2. The van der Waals surface area contributed by atoms with Gasteiger partial charge in [0.2, 0.25) is 0 Å². The zero-order valence-corrected chi connectivity index (χ0v) is 5.33. The highest BCUT2D eigenvalue weighted by Crippen LogP contribution is 2.33. The number of hydrogen-bond acceptors (Lipinski definition) is 2. The second kappa shape index (κ2) is 1.94. The van der Waals surface area contributed by atoms with Gasteiger partial charge in [-0.1, -0.05) is 6.42 Å². The number of nitrogens with zero attached hydrogens (tertiary/aromatic N) is 2. The van der Waals surface area contributed by atoms with Crippen molar-refractivity contribution in [2.24, 2.45) is 16.1 Å². The van der Waals surface area contributed by atoms with Gasteiger partial charge in [0.25, 0.3) is 0 Å². The van der Waals surface area contributed by atoms with Gasteiger partial charge in [0.1, 0.15) is 0 Å². The Morgan fingerprint density at radius 1 is 1.33 bits per heavy atom. The highest BCUT2D eigenvalue weighted by atomic mass is 15.1. The van der Waals surface area contributed by atoms with Crippen LogP contribution in [0.3, 0.4) is 0 Å². The fourth-order valence-electron chi connectivity index (χ4n) is 1.31. The van der Waals surface area contributed by atoms with Crippen molar-refractivity contribution >= 4 is 0 Å². The molecule has 1 aliphatic carbocycles. The highest BCUT2D eigenvalue weighted by molar-refractivity contribution is 5.01. The minimum atomic E-state index is 0.443. The predicted molar refractivity (Wildman–Crippen MR) is 35.1 cm³/mol. The summed E-state index contributed by atoms with van der Waals surface area (Å²) in [5.74, 6) is 0.826. The van der Waals surface area contributed by atoms with E-state index in [1.165, 1.54) is 19.3 Å². The first kappa shape index (κ1) is 5.15. The Hall–Kier alpha value is -0.660. The molecule has 0 aromatic carbocycles. The second-order valence-electron chi connectivity index (χ2n) is 2.75. The topological polar surface area (TPSA) is 24.7 Å². The van der Waals surface area contributed by atoms with E-state index in [2.05, 4.69) is 16.3 Å². The summed E-state index contributed by atoms with van der Waals surface area (Å²) < 4.78 is 0. The van der Waals surface area contributed by atoms with Gasteiger partial charge in [0.15, 0.2) is 0 Å². The lowest BCUT2D eigenvalue weighted by Crippen LogP contribution is -2.22. The van der Waals surface area contributed by atoms with Crippen LogP contribution in [0.1, 0.15) is 19.3 Å². The third kappa shape index (κ3) is 0.784. The van der Waals surface area contributed by atoms with Crippen LogP contribution in [-0.2, 0) is 0 Å². The molecule has 0 saturated heterocycles. The van der Waals surface area contributed by atoms with E-state index in [1.807, 2.05) is 6.20 Å². The zero-order valence-electron chi connectivity index (χ0n) is 5.33. The predicted octanol–water partition coefficient (Wildman–Crippen LogP) is 2.13. The van der Waals surface area contributed by atoms with Gasteiger partial charge in [0.05, 0.1) is 6.04 Å². The molecule has 0 bridgehead atoms. The van der Waals surface area contributed by atoms with Crippen LogP contribution in [0.4, 0.5) is 0 Å². The molecule has 9 heavy (non-hydrogen) atoms. The third-order valence-corrected chi connectivity index (χ3v) is 2.18. The summed E-state index contributed by atoms with van der Waals surface area (Å²) in [6.07, 6.45) is 8.01. The van der Waals surface area contributed by atoms with Crippen LogP contribution in [0, 0.1) is 5.92 Å². The molecule has 1 aliphatic heterocycles. The summed E-state index contributed by atoms with van der Waals surface area (Å²) in [6, 6.07) is 0.443. The highest BCUT2D eigenvalue weighted by Gasteiger charge is 2.26. The van der Waals surface area contributed by atoms with E-state index in [0.29, 0.717) is 6.04 Å². The van der Waals surface area contributed by atoms with Crippen molar-refractivity contribution < 1.29 is 0 Å². The minimum absolute atomic E-state index is 0.443. The first-order valence-electron chi connectivity index (χ1n) is 3.53. The Morgan fingerprint density at radius 3 is 2.67 bits per heavy atom. The van der Waals surface area contributed by atoms with E-state index in [0.717, 1.165) is 5.92 Å². The van der Waals surface area contributed by atoms with Crippen LogP contribution in [0.5, 0.6) is 0 Å². The van der Waals surface area contributed by atoms with E-state index >= 15 is 0 Å². The van der Waals surface area contributed by atoms with Gasteiger partial charge in [-0.3, -0.25) is 0 Å². The van der Waals surface area contributed by atoms with Crippen LogP contribution in [0.25, 0.3) is 0 Å². The smallest absolute Gasteiger partial charge is 0.0939 e. The monoisotopic (exact) mass is 122 g/mol. The van der Waals surface area contributed by atoms with Crippen molar-refractivity contribution in [3.63, 3.8) is 0 Å². The van der Waals surface area contributed by atoms with Crippen molar-refractivity contribution in [2.75, 3.05) is 0 Å². The largest absolute Gasteiger partial charge is 0.181 e.